The van der Waals surface area contributed by atoms with Crippen LogP contribution in [-0.2, 0) is 17.7 Å². The number of fused-ring (bicyclic) bond motifs is 1. The van der Waals surface area contributed by atoms with Crippen LogP contribution < -0.4 is 10.3 Å². The van der Waals surface area contributed by atoms with Gasteiger partial charge in [0, 0.05) is 59.9 Å². The molecule has 1 aromatic heterocycles. The van der Waals surface area contributed by atoms with E-state index in [0.717, 1.165) is 66.5 Å². The molecule has 3 aromatic rings. The first-order valence-electron chi connectivity index (χ1n) is 12.8. The number of hydrogen-bond donors (Lipinski definition) is 1. The number of benzene rings is 2. The Bertz CT molecular complexity index is 1320. The number of Topliss-reactive ketones (excluding diaryl/α,β-unsaturated/α-hetero) is 1. The molecule has 0 saturated carbocycles. The summed E-state index contributed by atoms with van der Waals surface area (Å²) in [5, 5.41) is 0. The number of rotatable bonds is 7. The van der Waals surface area contributed by atoms with Gasteiger partial charge in [0.05, 0.1) is 19.8 Å². The maximum absolute atomic E-state index is 13.3. The molecule has 2 aromatic carbocycles. The lowest BCUT2D eigenvalue weighted by Gasteiger charge is -2.26. The number of carbonyl (C=O) groups is 1. The van der Waals surface area contributed by atoms with Crippen molar-refractivity contribution in [2.24, 2.45) is 0 Å². The Hall–Kier alpha value is -3.22. The number of ketones is 1. The molecule has 1 fully saturated rings. The molecule has 5 rings (SSSR count). The molecule has 3 heterocycles. The lowest BCUT2D eigenvalue weighted by atomic mass is 9.91. The quantitative estimate of drug-likeness (QED) is 0.486. The van der Waals surface area contributed by atoms with Crippen molar-refractivity contribution in [2.75, 3.05) is 32.9 Å². The first kappa shape index (κ1) is 24.5. The van der Waals surface area contributed by atoms with E-state index in [9.17, 15) is 9.59 Å². The maximum atomic E-state index is 13.3. The zero-order valence-corrected chi connectivity index (χ0v) is 21.4. The Morgan fingerprint density at radius 3 is 2.56 bits per heavy atom. The molecule has 0 bridgehead atoms. The molecule has 0 radical (unpaired) electrons. The van der Waals surface area contributed by atoms with Gasteiger partial charge in [0.2, 0.25) is 0 Å². The average Bonchev–Trinajstić information content (AvgIpc) is 3.24. The van der Waals surface area contributed by atoms with Gasteiger partial charge >= 0.3 is 0 Å². The minimum Gasteiger partial charge on any atom is -0.492 e. The highest BCUT2D eigenvalue weighted by atomic mass is 16.5. The Kier molecular flexibility index (Phi) is 7.08. The molecule has 36 heavy (non-hydrogen) atoms. The first-order chi connectivity index (χ1) is 17.4. The van der Waals surface area contributed by atoms with Gasteiger partial charge in [0.25, 0.3) is 5.56 Å². The van der Waals surface area contributed by atoms with Crippen molar-refractivity contribution < 1.29 is 14.3 Å². The molecule has 1 N–H and O–H groups in total. The van der Waals surface area contributed by atoms with Gasteiger partial charge < -0.3 is 14.5 Å². The second-order valence-corrected chi connectivity index (χ2v) is 10.1. The number of nitrogens with zero attached hydrogens (tertiary/aromatic N) is 1. The molecular weight excluding hydrogens is 452 g/mol. The number of aromatic nitrogens is 1. The Morgan fingerprint density at radius 2 is 1.83 bits per heavy atom. The van der Waals surface area contributed by atoms with Crippen LogP contribution in [-0.4, -0.2) is 48.6 Å². The van der Waals surface area contributed by atoms with Gasteiger partial charge in [-0.25, -0.2) is 0 Å². The highest BCUT2D eigenvalue weighted by Gasteiger charge is 2.26. The number of hydrogen-bond acceptors (Lipinski definition) is 5. The number of morpholine rings is 1. The van der Waals surface area contributed by atoms with Gasteiger partial charge in [-0.05, 0) is 55.2 Å². The van der Waals surface area contributed by atoms with E-state index in [0.29, 0.717) is 30.6 Å². The Morgan fingerprint density at radius 1 is 1.08 bits per heavy atom. The van der Waals surface area contributed by atoms with Gasteiger partial charge in [-0.15, -0.1) is 0 Å². The molecule has 1 saturated heterocycles. The van der Waals surface area contributed by atoms with Crippen LogP contribution in [0.25, 0.3) is 11.1 Å². The van der Waals surface area contributed by atoms with Crippen LogP contribution in [0, 0.1) is 13.8 Å². The zero-order valence-electron chi connectivity index (χ0n) is 21.4. The van der Waals surface area contributed by atoms with Crippen LogP contribution >= 0.6 is 0 Å². The third kappa shape index (κ3) is 5.15. The SMILES string of the molecule is Cc1cc(C)c(CCC(=O)c2cc(-c3ccc(CN4CCOCC4)cc3)c3c(c2)C(C)CO3)c(=O)[nH]1. The van der Waals surface area contributed by atoms with Crippen molar-refractivity contribution in [3.05, 3.63) is 86.3 Å². The van der Waals surface area contributed by atoms with Gasteiger partial charge in [0.15, 0.2) is 5.78 Å². The van der Waals surface area contributed by atoms with Crippen molar-refractivity contribution >= 4 is 5.78 Å². The Balaban J connectivity index is 1.39. The second-order valence-electron chi connectivity index (χ2n) is 10.1. The summed E-state index contributed by atoms with van der Waals surface area (Å²) in [5.74, 6) is 1.15. The lowest BCUT2D eigenvalue weighted by molar-refractivity contribution is 0.0342. The number of pyridine rings is 1. The van der Waals surface area contributed by atoms with Crippen molar-refractivity contribution in [1.82, 2.24) is 9.88 Å². The molecule has 0 aliphatic carbocycles. The van der Waals surface area contributed by atoms with Crippen LogP contribution in [0.1, 0.15) is 57.6 Å². The molecule has 6 nitrogen and oxygen atoms in total. The molecule has 2 aliphatic rings. The van der Waals surface area contributed by atoms with Gasteiger partial charge in [-0.1, -0.05) is 31.2 Å². The highest BCUT2D eigenvalue weighted by molar-refractivity contribution is 5.98. The van der Waals surface area contributed by atoms with E-state index in [4.69, 9.17) is 9.47 Å². The van der Waals surface area contributed by atoms with E-state index >= 15 is 0 Å². The second kappa shape index (κ2) is 10.4. The van der Waals surface area contributed by atoms with Crippen molar-refractivity contribution in [1.29, 1.82) is 0 Å². The zero-order chi connectivity index (χ0) is 25.2. The summed E-state index contributed by atoms with van der Waals surface area (Å²) in [5.41, 5.74) is 7.37. The monoisotopic (exact) mass is 486 g/mol. The van der Waals surface area contributed by atoms with E-state index < -0.39 is 0 Å². The fourth-order valence-corrected chi connectivity index (χ4v) is 5.23. The standard InChI is InChI=1S/C30H34N2O4/c1-19-14-21(3)31-30(34)25(19)8-9-28(33)24-15-26-20(2)18-36-29(26)27(16-24)23-6-4-22(5-7-23)17-32-10-12-35-13-11-32/h4-7,14-16,20H,8-13,17-18H2,1-3H3,(H,31,34). The van der Waals surface area contributed by atoms with Crippen molar-refractivity contribution in [3.8, 4) is 16.9 Å². The number of H-pyrrole nitrogens is 1. The molecule has 0 spiro atoms. The van der Waals surface area contributed by atoms with Gasteiger partial charge in [-0.2, -0.15) is 0 Å². The maximum Gasteiger partial charge on any atom is 0.251 e. The highest BCUT2D eigenvalue weighted by Crippen LogP contribution is 2.43. The summed E-state index contributed by atoms with van der Waals surface area (Å²) in [4.78, 5) is 31.0. The predicted molar refractivity (Wildman–Crippen MR) is 141 cm³/mol. The Labute approximate surface area is 212 Å². The van der Waals surface area contributed by atoms with E-state index in [1.165, 1.54) is 5.56 Å². The summed E-state index contributed by atoms with van der Waals surface area (Å²) in [6.07, 6.45) is 0.716. The fourth-order valence-electron chi connectivity index (χ4n) is 5.23. The van der Waals surface area contributed by atoms with Crippen LogP contribution in [0.5, 0.6) is 5.75 Å². The van der Waals surface area contributed by atoms with Crippen LogP contribution in [0.3, 0.4) is 0 Å². The summed E-state index contributed by atoms with van der Waals surface area (Å²) >= 11 is 0. The molecule has 1 atom stereocenters. The number of carbonyl (C=O) groups excluding carboxylic acids is 1. The van der Waals surface area contributed by atoms with Crippen LogP contribution in [0.4, 0.5) is 0 Å². The summed E-state index contributed by atoms with van der Waals surface area (Å²) < 4.78 is 11.5. The molecule has 2 aliphatic heterocycles. The predicted octanol–water partition coefficient (Wildman–Crippen LogP) is 4.80. The molecule has 0 amide bonds. The van der Waals surface area contributed by atoms with E-state index in [2.05, 4.69) is 41.1 Å². The summed E-state index contributed by atoms with van der Waals surface area (Å²) in [7, 11) is 0. The average molecular weight is 487 g/mol. The smallest absolute Gasteiger partial charge is 0.251 e. The summed E-state index contributed by atoms with van der Waals surface area (Å²) in [6, 6.07) is 14.5. The number of aromatic amines is 1. The normalized spacial score (nSPS) is 17.6. The number of nitrogens with one attached hydrogen (secondary N) is 1. The molecule has 188 valence electrons. The number of ether oxygens (including phenoxy) is 2. The third-order valence-corrected chi connectivity index (χ3v) is 7.32. The molecular formula is C30H34N2O4. The van der Waals surface area contributed by atoms with E-state index in [1.54, 1.807) is 0 Å². The van der Waals surface area contributed by atoms with Crippen LogP contribution in [0.15, 0.2) is 47.3 Å². The van der Waals surface area contributed by atoms with Crippen molar-refractivity contribution in [3.63, 3.8) is 0 Å². The largest absolute Gasteiger partial charge is 0.492 e. The van der Waals surface area contributed by atoms with Gasteiger partial charge in [0.1, 0.15) is 5.75 Å². The van der Waals surface area contributed by atoms with Gasteiger partial charge in [-0.3, -0.25) is 14.5 Å². The number of aryl methyl sites for hydroxylation is 2. The third-order valence-electron chi connectivity index (χ3n) is 7.32. The minimum atomic E-state index is -0.103. The van der Waals surface area contributed by atoms with Crippen LogP contribution in [0.2, 0.25) is 0 Å². The first-order valence-corrected chi connectivity index (χ1v) is 12.8. The molecule has 6 heteroatoms. The van der Waals surface area contributed by atoms with Crippen molar-refractivity contribution in [2.45, 2.75) is 46.1 Å². The topological polar surface area (TPSA) is 71.6 Å². The fraction of sp³-hybridized carbons (Fsp3) is 0.400. The lowest BCUT2D eigenvalue weighted by Crippen LogP contribution is -2.35. The minimum absolute atomic E-state index is 0.0430. The van der Waals surface area contributed by atoms with E-state index in [1.807, 2.05) is 32.0 Å². The summed E-state index contributed by atoms with van der Waals surface area (Å²) in [6.45, 7) is 10.9. The van der Waals surface area contributed by atoms with E-state index in [-0.39, 0.29) is 17.3 Å². The molecule has 1 unspecified atom stereocenters.